The van der Waals surface area contributed by atoms with Crippen LogP contribution in [0.3, 0.4) is 0 Å². The summed E-state index contributed by atoms with van der Waals surface area (Å²) in [4.78, 5) is 29.1. The van der Waals surface area contributed by atoms with Crippen molar-refractivity contribution in [2.24, 2.45) is 0 Å². The van der Waals surface area contributed by atoms with E-state index in [0.717, 1.165) is 20.6 Å². The molecule has 1 N–H and O–H groups in total. The fourth-order valence-corrected chi connectivity index (χ4v) is 3.64. The number of hydrogen-bond donors (Lipinski definition) is 1. The van der Waals surface area contributed by atoms with Gasteiger partial charge >= 0.3 is 0 Å². The molecule has 0 spiro atoms. The van der Waals surface area contributed by atoms with Crippen LogP contribution in [0.2, 0.25) is 0 Å². The van der Waals surface area contributed by atoms with E-state index in [4.69, 9.17) is 4.74 Å². The van der Waals surface area contributed by atoms with E-state index in [1.54, 1.807) is 36.8 Å². The first-order valence-corrected chi connectivity index (χ1v) is 8.66. The quantitative estimate of drug-likeness (QED) is 0.595. The fraction of sp³-hybridized carbons (Fsp3) is 0.176. The highest BCUT2D eigenvalue weighted by Gasteiger charge is 2.13. The smallest absolute Gasteiger partial charge is 0.291 e. The SMILES string of the molecule is COc1ccc2nc(NC(=O)Cn3nc(C)n4cccc4c3=O)sc2c1. The number of benzene rings is 1. The van der Waals surface area contributed by atoms with Gasteiger partial charge in [0.25, 0.3) is 5.56 Å². The Hall–Kier alpha value is -3.20. The molecule has 0 unspecified atom stereocenters. The number of ether oxygens (including phenoxy) is 1. The van der Waals surface area contributed by atoms with Crippen LogP contribution in [0.4, 0.5) is 5.13 Å². The minimum atomic E-state index is -0.360. The molecule has 0 aliphatic rings. The molecule has 1 aromatic carbocycles. The molecule has 0 bridgehead atoms. The Morgan fingerprint density at radius 2 is 2.19 bits per heavy atom. The molecule has 0 aliphatic heterocycles. The van der Waals surface area contributed by atoms with Gasteiger partial charge in [-0.15, -0.1) is 0 Å². The van der Waals surface area contributed by atoms with Gasteiger partial charge in [-0.3, -0.25) is 14.0 Å². The third kappa shape index (κ3) is 2.82. The lowest BCUT2D eigenvalue weighted by Gasteiger charge is -2.07. The summed E-state index contributed by atoms with van der Waals surface area (Å²) in [5.74, 6) is 0.996. The Kier molecular flexibility index (Phi) is 3.92. The van der Waals surface area contributed by atoms with Crippen molar-refractivity contribution in [3.05, 3.63) is 52.7 Å². The molecule has 0 saturated carbocycles. The van der Waals surface area contributed by atoms with E-state index in [9.17, 15) is 9.59 Å². The largest absolute Gasteiger partial charge is 0.497 e. The summed E-state index contributed by atoms with van der Waals surface area (Å²) in [5, 5.41) is 7.38. The molecule has 0 radical (unpaired) electrons. The molecule has 132 valence electrons. The summed E-state index contributed by atoms with van der Waals surface area (Å²) in [6.07, 6.45) is 1.76. The molecule has 9 heteroatoms. The van der Waals surface area contributed by atoms with E-state index in [2.05, 4.69) is 15.4 Å². The van der Waals surface area contributed by atoms with Gasteiger partial charge in [0.2, 0.25) is 5.91 Å². The van der Waals surface area contributed by atoms with Gasteiger partial charge < -0.3 is 10.1 Å². The predicted octanol–water partition coefficient (Wildman–Crippen LogP) is 2.06. The van der Waals surface area contributed by atoms with Gasteiger partial charge in [-0.1, -0.05) is 11.3 Å². The first kappa shape index (κ1) is 16.3. The van der Waals surface area contributed by atoms with E-state index in [0.29, 0.717) is 16.5 Å². The lowest BCUT2D eigenvalue weighted by molar-refractivity contribution is -0.117. The maximum atomic E-state index is 12.4. The van der Waals surface area contributed by atoms with Gasteiger partial charge in [0.15, 0.2) is 5.13 Å². The summed E-state index contributed by atoms with van der Waals surface area (Å²) >= 11 is 1.34. The average molecular weight is 369 g/mol. The lowest BCUT2D eigenvalue weighted by atomic mass is 10.3. The number of aryl methyl sites for hydroxylation is 1. The van der Waals surface area contributed by atoms with E-state index < -0.39 is 0 Å². The van der Waals surface area contributed by atoms with Crippen LogP contribution in [0.15, 0.2) is 41.3 Å². The Labute approximate surface area is 151 Å². The van der Waals surface area contributed by atoms with Crippen molar-refractivity contribution >= 4 is 38.1 Å². The second kappa shape index (κ2) is 6.26. The Balaban J connectivity index is 1.57. The van der Waals surface area contributed by atoms with Gasteiger partial charge in [-0.25, -0.2) is 9.67 Å². The van der Waals surface area contributed by atoms with Gasteiger partial charge in [-0.2, -0.15) is 5.10 Å². The number of nitrogens with one attached hydrogen (secondary N) is 1. The summed E-state index contributed by atoms with van der Waals surface area (Å²) in [6.45, 7) is 1.60. The minimum absolute atomic E-state index is 0.180. The van der Waals surface area contributed by atoms with Crippen LogP contribution in [0.25, 0.3) is 15.7 Å². The fourth-order valence-electron chi connectivity index (χ4n) is 2.73. The summed E-state index contributed by atoms with van der Waals surface area (Å²) in [5.41, 5.74) is 0.939. The van der Waals surface area contributed by atoms with Gasteiger partial charge in [0.05, 0.1) is 17.3 Å². The van der Waals surface area contributed by atoms with Crippen LogP contribution in [-0.4, -0.2) is 32.2 Å². The molecule has 4 rings (SSSR count). The number of rotatable bonds is 4. The van der Waals surface area contributed by atoms with Crippen LogP contribution in [0.1, 0.15) is 5.82 Å². The molecule has 0 fully saturated rings. The predicted molar refractivity (Wildman–Crippen MR) is 99.0 cm³/mol. The number of aromatic nitrogens is 4. The number of carbonyl (C=O) groups is 1. The molecule has 0 atom stereocenters. The van der Waals surface area contributed by atoms with Crippen molar-refractivity contribution in [2.45, 2.75) is 13.5 Å². The van der Waals surface area contributed by atoms with Crippen LogP contribution in [0, 0.1) is 6.92 Å². The highest BCUT2D eigenvalue weighted by atomic mass is 32.1. The van der Waals surface area contributed by atoms with Crippen molar-refractivity contribution in [1.82, 2.24) is 19.2 Å². The zero-order valence-corrected chi connectivity index (χ0v) is 14.9. The lowest BCUT2D eigenvalue weighted by Crippen LogP contribution is -2.31. The van der Waals surface area contributed by atoms with E-state index in [-0.39, 0.29) is 18.0 Å². The van der Waals surface area contributed by atoms with E-state index in [1.165, 1.54) is 11.3 Å². The second-order valence-electron chi connectivity index (χ2n) is 5.67. The zero-order valence-electron chi connectivity index (χ0n) is 14.1. The summed E-state index contributed by atoms with van der Waals surface area (Å²) < 4.78 is 8.95. The Morgan fingerprint density at radius 1 is 1.35 bits per heavy atom. The molecular weight excluding hydrogens is 354 g/mol. The molecule has 26 heavy (non-hydrogen) atoms. The molecule has 0 saturated heterocycles. The molecular formula is C17H15N5O3S. The third-order valence-electron chi connectivity index (χ3n) is 3.95. The minimum Gasteiger partial charge on any atom is -0.497 e. The van der Waals surface area contributed by atoms with Crippen molar-refractivity contribution < 1.29 is 9.53 Å². The number of nitrogens with zero attached hydrogens (tertiary/aromatic N) is 4. The van der Waals surface area contributed by atoms with Crippen molar-refractivity contribution in [3.63, 3.8) is 0 Å². The first-order chi connectivity index (χ1) is 12.5. The maximum Gasteiger partial charge on any atom is 0.291 e. The normalized spacial score (nSPS) is 11.2. The van der Waals surface area contributed by atoms with E-state index >= 15 is 0 Å². The number of fused-ring (bicyclic) bond motifs is 2. The number of anilines is 1. The monoisotopic (exact) mass is 369 g/mol. The van der Waals surface area contributed by atoms with Crippen molar-refractivity contribution in [1.29, 1.82) is 0 Å². The number of thiazole rings is 1. The molecule has 0 aliphatic carbocycles. The van der Waals surface area contributed by atoms with Crippen molar-refractivity contribution in [2.75, 3.05) is 12.4 Å². The van der Waals surface area contributed by atoms with Gasteiger partial charge in [0, 0.05) is 6.20 Å². The number of amides is 1. The van der Waals surface area contributed by atoms with Crippen LogP contribution >= 0.6 is 11.3 Å². The number of methoxy groups -OCH3 is 1. The molecule has 1 amide bonds. The molecule has 3 aromatic heterocycles. The van der Waals surface area contributed by atoms with Crippen LogP contribution in [-0.2, 0) is 11.3 Å². The molecule has 4 aromatic rings. The van der Waals surface area contributed by atoms with Crippen LogP contribution in [0.5, 0.6) is 5.75 Å². The highest BCUT2D eigenvalue weighted by molar-refractivity contribution is 7.22. The maximum absolute atomic E-state index is 12.4. The Bertz CT molecular complexity index is 1190. The standard InChI is InChI=1S/C17H15N5O3S/c1-10-20-22(16(24)13-4-3-7-21(10)13)9-15(23)19-17-18-12-6-5-11(25-2)8-14(12)26-17/h3-8H,9H2,1-2H3,(H,18,19,23). The topological polar surface area (TPSA) is 90.5 Å². The van der Waals surface area contributed by atoms with Crippen molar-refractivity contribution in [3.8, 4) is 5.75 Å². The molecule has 3 heterocycles. The molecule has 8 nitrogen and oxygen atoms in total. The number of hydrogen-bond acceptors (Lipinski definition) is 6. The van der Waals surface area contributed by atoms with Gasteiger partial charge in [0.1, 0.15) is 23.6 Å². The van der Waals surface area contributed by atoms with Crippen LogP contribution < -0.4 is 15.6 Å². The average Bonchev–Trinajstić information content (AvgIpc) is 3.25. The van der Waals surface area contributed by atoms with Gasteiger partial charge in [-0.05, 0) is 37.3 Å². The summed E-state index contributed by atoms with van der Waals surface area (Å²) in [6, 6.07) is 8.97. The third-order valence-corrected chi connectivity index (χ3v) is 4.89. The summed E-state index contributed by atoms with van der Waals surface area (Å²) in [7, 11) is 1.60. The van der Waals surface area contributed by atoms with E-state index in [1.807, 2.05) is 18.2 Å². The highest BCUT2D eigenvalue weighted by Crippen LogP contribution is 2.29. The number of carbonyl (C=O) groups excluding carboxylic acids is 1. The zero-order chi connectivity index (χ0) is 18.3. The Morgan fingerprint density at radius 3 is 3.00 bits per heavy atom. The second-order valence-corrected chi connectivity index (χ2v) is 6.70. The first-order valence-electron chi connectivity index (χ1n) is 7.84.